The first-order chi connectivity index (χ1) is 7.82. The molecule has 0 saturated heterocycles. The first kappa shape index (κ1) is 14.0. The number of ether oxygens (including phenoxy) is 1. The summed E-state index contributed by atoms with van der Waals surface area (Å²) in [5.74, 6) is -1.14. The molecule has 0 aliphatic rings. The molecule has 0 aliphatic heterocycles. The van der Waals surface area contributed by atoms with E-state index in [-0.39, 0.29) is 10.0 Å². The minimum absolute atomic E-state index is 0.00468. The van der Waals surface area contributed by atoms with Gasteiger partial charge in [-0.15, -0.1) is 0 Å². The lowest BCUT2D eigenvalue weighted by molar-refractivity contribution is -0.0520. The molecule has 0 N–H and O–H groups in total. The van der Waals surface area contributed by atoms with Gasteiger partial charge in [0.05, 0.1) is 5.56 Å². The molecule has 0 atom stereocenters. The third kappa shape index (κ3) is 3.42. The van der Waals surface area contributed by atoms with E-state index < -0.39 is 30.1 Å². The molecule has 0 heterocycles. The summed E-state index contributed by atoms with van der Waals surface area (Å²) in [6, 6.07) is 1.78. The van der Waals surface area contributed by atoms with Crippen molar-refractivity contribution in [3.05, 3.63) is 27.7 Å². The monoisotopic (exact) mass is 314 g/mol. The Morgan fingerprint density at radius 3 is 2.29 bits per heavy atom. The third-order valence-electron chi connectivity index (χ3n) is 1.93. The summed E-state index contributed by atoms with van der Waals surface area (Å²) in [5, 5.41) is 0. The van der Waals surface area contributed by atoms with E-state index in [9.17, 15) is 22.4 Å². The summed E-state index contributed by atoms with van der Waals surface area (Å²) in [6.07, 6.45) is -2.97. The van der Waals surface area contributed by atoms with Crippen LogP contribution in [0.5, 0.6) is 5.75 Å². The summed E-state index contributed by atoms with van der Waals surface area (Å²) in [4.78, 5) is 11.1. The molecule has 94 valence electrons. The van der Waals surface area contributed by atoms with Gasteiger partial charge in [-0.3, -0.25) is 4.79 Å². The molecular formula is C10H7BrF4O2. The van der Waals surface area contributed by atoms with Crippen LogP contribution in [0.1, 0.15) is 29.3 Å². The largest absolute Gasteiger partial charge is 0.434 e. The molecule has 0 bridgehead atoms. The third-order valence-corrected chi connectivity index (χ3v) is 2.59. The first-order valence-corrected chi connectivity index (χ1v) is 5.19. The van der Waals surface area contributed by atoms with Crippen LogP contribution in [0.2, 0.25) is 0 Å². The van der Waals surface area contributed by atoms with Crippen LogP contribution in [-0.2, 0) is 0 Å². The zero-order chi connectivity index (χ0) is 13.2. The Balaban J connectivity index is 3.31. The van der Waals surface area contributed by atoms with Crippen LogP contribution in [-0.4, -0.2) is 12.4 Å². The Morgan fingerprint density at radius 2 is 1.88 bits per heavy atom. The van der Waals surface area contributed by atoms with Gasteiger partial charge in [0.2, 0.25) is 0 Å². The van der Waals surface area contributed by atoms with Crippen molar-refractivity contribution >= 4 is 21.7 Å². The number of halogens is 5. The van der Waals surface area contributed by atoms with Crippen LogP contribution in [0.4, 0.5) is 17.6 Å². The minimum atomic E-state index is -3.23. The lowest BCUT2D eigenvalue weighted by atomic mass is 10.1. The summed E-state index contributed by atoms with van der Waals surface area (Å²) in [5.41, 5.74) is -0.688. The maximum atomic E-state index is 12.6. The predicted octanol–water partition coefficient (Wildman–Crippen LogP) is 4.19. The summed E-state index contributed by atoms with van der Waals surface area (Å²) in [7, 11) is 0. The summed E-state index contributed by atoms with van der Waals surface area (Å²) >= 11 is 2.92. The number of carbonyl (C=O) groups is 1. The van der Waals surface area contributed by atoms with Crippen molar-refractivity contribution in [3.63, 3.8) is 0 Å². The van der Waals surface area contributed by atoms with E-state index >= 15 is 0 Å². The smallest absolute Gasteiger partial charge is 0.387 e. The molecule has 0 saturated carbocycles. The fourth-order valence-electron chi connectivity index (χ4n) is 1.21. The number of hydrogen-bond donors (Lipinski definition) is 0. The number of rotatable bonds is 4. The number of carbonyl (C=O) groups excluding carboxylic acids is 1. The van der Waals surface area contributed by atoms with E-state index in [2.05, 4.69) is 20.7 Å². The molecule has 1 rings (SSSR count). The van der Waals surface area contributed by atoms with E-state index in [0.29, 0.717) is 0 Å². The fourth-order valence-corrected chi connectivity index (χ4v) is 1.85. The van der Waals surface area contributed by atoms with E-state index in [4.69, 9.17) is 0 Å². The van der Waals surface area contributed by atoms with Gasteiger partial charge < -0.3 is 4.74 Å². The van der Waals surface area contributed by atoms with Gasteiger partial charge in [0.1, 0.15) is 5.75 Å². The van der Waals surface area contributed by atoms with E-state index in [0.717, 1.165) is 12.1 Å². The van der Waals surface area contributed by atoms with Crippen molar-refractivity contribution < 1.29 is 27.1 Å². The Kier molecular flexibility index (Phi) is 4.50. The lowest BCUT2D eigenvalue weighted by Crippen LogP contribution is -2.07. The van der Waals surface area contributed by atoms with Crippen LogP contribution < -0.4 is 4.74 Å². The quantitative estimate of drug-likeness (QED) is 0.615. The van der Waals surface area contributed by atoms with E-state index in [1.807, 2.05) is 0 Å². The summed E-state index contributed by atoms with van der Waals surface area (Å²) in [6.45, 7) is -2.04. The van der Waals surface area contributed by atoms with Gasteiger partial charge in [0, 0.05) is 10.0 Å². The number of hydrogen-bond acceptors (Lipinski definition) is 2. The van der Waals surface area contributed by atoms with Gasteiger partial charge in [-0.05, 0) is 19.1 Å². The van der Waals surface area contributed by atoms with Crippen LogP contribution >= 0.6 is 15.9 Å². The molecule has 0 aromatic heterocycles. The van der Waals surface area contributed by atoms with Crippen molar-refractivity contribution in [2.75, 3.05) is 0 Å². The van der Waals surface area contributed by atoms with Gasteiger partial charge in [-0.1, -0.05) is 15.9 Å². The van der Waals surface area contributed by atoms with Crippen molar-refractivity contribution in [1.82, 2.24) is 0 Å². The highest BCUT2D eigenvalue weighted by Crippen LogP contribution is 2.35. The Bertz CT molecular complexity index is 435. The Labute approximate surface area is 103 Å². The Hall–Kier alpha value is -1.11. The average Bonchev–Trinajstić information content (AvgIpc) is 2.18. The molecule has 0 radical (unpaired) electrons. The fraction of sp³-hybridized carbons (Fsp3) is 0.300. The molecule has 0 spiro atoms. The first-order valence-electron chi connectivity index (χ1n) is 4.40. The maximum Gasteiger partial charge on any atom is 0.387 e. The molecule has 0 amide bonds. The molecule has 7 heteroatoms. The van der Waals surface area contributed by atoms with Gasteiger partial charge >= 0.3 is 6.61 Å². The topological polar surface area (TPSA) is 26.3 Å². The van der Waals surface area contributed by atoms with Crippen molar-refractivity contribution in [3.8, 4) is 5.75 Å². The molecule has 1 aromatic rings. The second-order valence-corrected chi connectivity index (χ2v) is 3.96. The van der Waals surface area contributed by atoms with Gasteiger partial charge in [-0.25, -0.2) is 8.78 Å². The predicted molar refractivity (Wildman–Crippen MR) is 55.7 cm³/mol. The highest BCUT2D eigenvalue weighted by Gasteiger charge is 2.20. The zero-order valence-electron chi connectivity index (χ0n) is 8.52. The van der Waals surface area contributed by atoms with Crippen LogP contribution in [0.15, 0.2) is 16.6 Å². The number of alkyl halides is 4. The van der Waals surface area contributed by atoms with Gasteiger partial charge in [0.25, 0.3) is 6.43 Å². The number of Topliss-reactive ketones (excluding diaryl/α,β-unsaturated/α-hetero) is 1. The average molecular weight is 315 g/mol. The molecule has 0 aliphatic carbocycles. The molecule has 0 unspecified atom stereocenters. The van der Waals surface area contributed by atoms with E-state index in [1.165, 1.54) is 6.92 Å². The van der Waals surface area contributed by atoms with Crippen LogP contribution in [0.3, 0.4) is 0 Å². The molecule has 17 heavy (non-hydrogen) atoms. The minimum Gasteiger partial charge on any atom is -0.434 e. The maximum absolute atomic E-state index is 12.6. The standard InChI is InChI=1S/C10H7BrF4O2/c1-4(16)5-3-8(17-10(14)15)6(9(12)13)2-7(5)11/h2-3,9-10H,1H3. The van der Waals surface area contributed by atoms with Crippen molar-refractivity contribution in [1.29, 1.82) is 0 Å². The Morgan fingerprint density at radius 1 is 1.29 bits per heavy atom. The highest BCUT2D eigenvalue weighted by molar-refractivity contribution is 9.10. The number of benzene rings is 1. The number of ketones is 1. The molecule has 1 aromatic carbocycles. The lowest BCUT2D eigenvalue weighted by Gasteiger charge is -2.12. The van der Waals surface area contributed by atoms with Crippen LogP contribution in [0, 0.1) is 0 Å². The molecule has 2 nitrogen and oxygen atoms in total. The molecule has 0 fully saturated rings. The van der Waals surface area contributed by atoms with E-state index in [1.54, 1.807) is 0 Å². The second kappa shape index (κ2) is 5.48. The SMILES string of the molecule is CC(=O)c1cc(OC(F)F)c(C(F)F)cc1Br. The van der Waals surface area contributed by atoms with Crippen molar-refractivity contribution in [2.45, 2.75) is 20.0 Å². The molecular weight excluding hydrogens is 308 g/mol. The second-order valence-electron chi connectivity index (χ2n) is 3.11. The van der Waals surface area contributed by atoms with Gasteiger partial charge in [0.15, 0.2) is 5.78 Å². The zero-order valence-corrected chi connectivity index (χ0v) is 10.1. The normalized spacial score (nSPS) is 11.1. The highest BCUT2D eigenvalue weighted by atomic mass is 79.9. The van der Waals surface area contributed by atoms with Crippen molar-refractivity contribution in [2.24, 2.45) is 0 Å². The summed E-state index contributed by atoms with van der Waals surface area (Å²) < 4.78 is 53.3. The van der Waals surface area contributed by atoms with Gasteiger partial charge in [-0.2, -0.15) is 8.78 Å². The van der Waals surface area contributed by atoms with Crippen LogP contribution in [0.25, 0.3) is 0 Å².